The average molecular weight is 284 g/mol. The number of hydrogen-bond acceptors (Lipinski definition) is 0. The Hall–Kier alpha value is -2.60. The van der Waals surface area contributed by atoms with E-state index in [4.69, 9.17) is 0 Å². The van der Waals surface area contributed by atoms with Gasteiger partial charge in [-0.05, 0) is 29.2 Å². The molecule has 0 nitrogen and oxygen atoms in total. The Morgan fingerprint density at radius 3 is 1.45 bits per heavy atom. The van der Waals surface area contributed by atoms with Crippen LogP contribution in [0.4, 0.5) is 0 Å². The van der Waals surface area contributed by atoms with E-state index in [2.05, 4.69) is 98.4 Å². The predicted octanol–water partition coefficient (Wildman–Crippen LogP) is 5.68. The van der Waals surface area contributed by atoms with E-state index < -0.39 is 0 Å². The normalized spacial score (nSPS) is 11.1. The lowest BCUT2D eigenvalue weighted by Gasteiger charge is -2.32. The molecule has 0 heterocycles. The van der Waals surface area contributed by atoms with Crippen molar-refractivity contribution in [1.29, 1.82) is 0 Å². The summed E-state index contributed by atoms with van der Waals surface area (Å²) in [5.74, 6) is 0. The molecule has 0 amide bonds. The first kappa shape index (κ1) is 14.3. The lowest BCUT2D eigenvalue weighted by molar-refractivity contribution is 0.692. The molecule has 22 heavy (non-hydrogen) atoms. The molecule has 0 aliphatic carbocycles. The van der Waals surface area contributed by atoms with E-state index in [0.29, 0.717) is 0 Å². The number of rotatable bonds is 4. The third-order valence-electron chi connectivity index (χ3n) is 4.43. The topological polar surface area (TPSA) is 0 Å². The van der Waals surface area contributed by atoms with Crippen LogP contribution in [0.15, 0.2) is 91.5 Å². The Labute approximate surface area is 132 Å². The van der Waals surface area contributed by atoms with E-state index in [1.165, 1.54) is 16.7 Å². The number of benzene rings is 3. The fourth-order valence-electron chi connectivity index (χ4n) is 3.00. The second kappa shape index (κ2) is 6.03. The van der Waals surface area contributed by atoms with Crippen molar-refractivity contribution >= 4 is 6.08 Å². The van der Waals surface area contributed by atoms with Gasteiger partial charge in [-0.1, -0.05) is 97.6 Å². The van der Waals surface area contributed by atoms with Gasteiger partial charge in [0.05, 0.1) is 0 Å². The maximum Gasteiger partial charge on any atom is 0.0423 e. The van der Waals surface area contributed by atoms with Crippen LogP contribution in [0.5, 0.6) is 0 Å². The van der Waals surface area contributed by atoms with Crippen molar-refractivity contribution < 1.29 is 0 Å². The van der Waals surface area contributed by atoms with Gasteiger partial charge in [-0.25, -0.2) is 0 Å². The summed E-state index contributed by atoms with van der Waals surface area (Å²) in [7, 11) is 0. The molecule has 0 aliphatic rings. The van der Waals surface area contributed by atoms with Gasteiger partial charge in [0.2, 0.25) is 0 Å². The fourth-order valence-corrected chi connectivity index (χ4v) is 3.00. The molecule has 3 aromatic carbocycles. The van der Waals surface area contributed by atoms with Crippen LogP contribution in [0.2, 0.25) is 0 Å². The molecule has 0 saturated heterocycles. The zero-order chi connectivity index (χ0) is 15.4. The minimum absolute atomic E-state index is 0.164. The molecule has 0 fully saturated rings. The first-order chi connectivity index (χ1) is 10.7. The number of hydrogen-bond donors (Lipinski definition) is 0. The summed E-state index contributed by atoms with van der Waals surface area (Å²) in [6, 6.07) is 30.0. The van der Waals surface area contributed by atoms with Gasteiger partial charge in [-0.15, -0.1) is 0 Å². The predicted molar refractivity (Wildman–Crippen MR) is 95.0 cm³/mol. The van der Waals surface area contributed by atoms with Gasteiger partial charge >= 0.3 is 0 Å². The van der Waals surface area contributed by atoms with E-state index >= 15 is 0 Å². The molecule has 108 valence electrons. The Morgan fingerprint density at radius 2 is 1.05 bits per heavy atom. The van der Waals surface area contributed by atoms with Crippen molar-refractivity contribution in [3.05, 3.63) is 114 Å². The Balaban J connectivity index is 2.20. The minimum atomic E-state index is -0.164. The zero-order valence-corrected chi connectivity index (χ0v) is 12.9. The van der Waals surface area contributed by atoms with Gasteiger partial charge in [0, 0.05) is 5.41 Å². The average Bonchev–Trinajstić information content (AvgIpc) is 2.62. The summed E-state index contributed by atoms with van der Waals surface area (Å²) in [6.45, 7) is 6.13. The molecule has 0 N–H and O–H groups in total. The summed E-state index contributed by atoms with van der Waals surface area (Å²) in [6.07, 6.45) is 1.88. The standard InChI is InChI=1S/C22H20/c1-3-18-14-16-21(17-15-18)22(2,19-10-6-4-7-11-19)20-12-8-5-9-13-20/h3-17H,1H2,2H3. The lowest BCUT2D eigenvalue weighted by atomic mass is 9.71. The summed E-state index contributed by atoms with van der Waals surface area (Å²) in [4.78, 5) is 0. The maximum atomic E-state index is 3.84. The van der Waals surface area contributed by atoms with Crippen LogP contribution in [-0.4, -0.2) is 0 Å². The van der Waals surface area contributed by atoms with E-state index in [1.807, 2.05) is 6.08 Å². The third-order valence-corrected chi connectivity index (χ3v) is 4.43. The minimum Gasteiger partial charge on any atom is -0.0985 e. The van der Waals surface area contributed by atoms with E-state index in [0.717, 1.165) is 5.56 Å². The van der Waals surface area contributed by atoms with Crippen molar-refractivity contribution in [3.63, 3.8) is 0 Å². The van der Waals surface area contributed by atoms with Crippen LogP contribution in [0.1, 0.15) is 29.2 Å². The summed E-state index contributed by atoms with van der Waals surface area (Å²) in [5.41, 5.74) is 4.87. The molecule has 0 radical (unpaired) electrons. The smallest absolute Gasteiger partial charge is 0.0423 e. The van der Waals surface area contributed by atoms with Crippen molar-refractivity contribution in [3.8, 4) is 0 Å². The molecule has 0 aromatic heterocycles. The van der Waals surface area contributed by atoms with Crippen LogP contribution in [0, 0.1) is 0 Å². The molecule has 0 heteroatoms. The molecular formula is C22H20. The highest BCUT2D eigenvalue weighted by Crippen LogP contribution is 2.38. The monoisotopic (exact) mass is 284 g/mol. The SMILES string of the molecule is C=Cc1ccc(C(C)(c2ccccc2)c2ccccc2)cc1. The van der Waals surface area contributed by atoms with Gasteiger partial charge in [0.25, 0.3) is 0 Å². The van der Waals surface area contributed by atoms with Gasteiger partial charge < -0.3 is 0 Å². The molecule has 0 spiro atoms. The lowest BCUT2D eigenvalue weighted by Crippen LogP contribution is -2.25. The molecular weight excluding hydrogens is 264 g/mol. The van der Waals surface area contributed by atoms with E-state index in [1.54, 1.807) is 0 Å². The quantitative estimate of drug-likeness (QED) is 0.540. The van der Waals surface area contributed by atoms with Gasteiger partial charge in [-0.3, -0.25) is 0 Å². The van der Waals surface area contributed by atoms with Crippen molar-refractivity contribution in [2.45, 2.75) is 12.3 Å². The van der Waals surface area contributed by atoms with Crippen LogP contribution >= 0.6 is 0 Å². The Kier molecular flexibility index (Phi) is 3.93. The third kappa shape index (κ3) is 2.48. The summed E-state index contributed by atoms with van der Waals surface area (Å²) >= 11 is 0. The summed E-state index contributed by atoms with van der Waals surface area (Å²) in [5, 5.41) is 0. The second-order valence-electron chi connectivity index (χ2n) is 5.68. The molecule has 0 aliphatic heterocycles. The van der Waals surface area contributed by atoms with Crippen LogP contribution in [0.3, 0.4) is 0 Å². The molecule has 0 atom stereocenters. The molecule has 3 rings (SSSR count). The zero-order valence-electron chi connectivity index (χ0n) is 12.9. The Bertz CT molecular complexity index is 698. The van der Waals surface area contributed by atoms with Crippen LogP contribution in [-0.2, 0) is 5.41 Å². The first-order valence-corrected chi connectivity index (χ1v) is 7.59. The highest BCUT2D eigenvalue weighted by molar-refractivity contribution is 5.53. The molecule has 0 unspecified atom stereocenters. The van der Waals surface area contributed by atoms with Gasteiger partial charge in [-0.2, -0.15) is 0 Å². The Morgan fingerprint density at radius 1 is 0.636 bits per heavy atom. The maximum absolute atomic E-state index is 3.84. The highest BCUT2D eigenvalue weighted by atomic mass is 14.3. The van der Waals surface area contributed by atoms with Crippen molar-refractivity contribution in [2.24, 2.45) is 0 Å². The molecule has 3 aromatic rings. The van der Waals surface area contributed by atoms with E-state index in [9.17, 15) is 0 Å². The molecule has 0 saturated carbocycles. The van der Waals surface area contributed by atoms with Crippen LogP contribution < -0.4 is 0 Å². The van der Waals surface area contributed by atoms with Crippen molar-refractivity contribution in [1.82, 2.24) is 0 Å². The first-order valence-electron chi connectivity index (χ1n) is 7.59. The van der Waals surface area contributed by atoms with E-state index in [-0.39, 0.29) is 5.41 Å². The molecule has 0 bridgehead atoms. The second-order valence-corrected chi connectivity index (χ2v) is 5.68. The highest BCUT2D eigenvalue weighted by Gasteiger charge is 2.30. The van der Waals surface area contributed by atoms with Gasteiger partial charge in [0.1, 0.15) is 0 Å². The van der Waals surface area contributed by atoms with Crippen LogP contribution in [0.25, 0.3) is 6.08 Å². The van der Waals surface area contributed by atoms with Crippen molar-refractivity contribution in [2.75, 3.05) is 0 Å². The largest absolute Gasteiger partial charge is 0.0985 e. The summed E-state index contributed by atoms with van der Waals surface area (Å²) < 4.78 is 0. The fraction of sp³-hybridized carbons (Fsp3) is 0.0909. The van der Waals surface area contributed by atoms with Gasteiger partial charge in [0.15, 0.2) is 0 Å².